The lowest BCUT2D eigenvalue weighted by Gasteiger charge is -2.31. The van der Waals surface area contributed by atoms with E-state index in [4.69, 9.17) is 21.1 Å². The summed E-state index contributed by atoms with van der Waals surface area (Å²) in [5.41, 5.74) is 1.23. The fourth-order valence-corrected chi connectivity index (χ4v) is 2.53. The van der Waals surface area contributed by atoms with Crippen molar-refractivity contribution in [2.45, 2.75) is 31.9 Å². The van der Waals surface area contributed by atoms with Gasteiger partial charge >= 0.3 is 0 Å². The highest BCUT2D eigenvalue weighted by molar-refractivity contribution is 6.30. The Bertz CT molecular complexity index is 380. The molecule has 0 amide bonds. The maximum Gasteiger partial charge on any atom is 0.0965 e. The van der Waals surface area contributed by atoms with Crippen LogP contribution in [-0.2, 0) is 15.9 Å². The molecule has 0 saturated carbocycles. The zero-order valence-corrected chi connectivity index (χ0v) is 12.2. The van der Waals surface area contributed by atoms with Crippen LogP contribution in [0, 0.1) is 0 Å². The van der Waals surface area contributed by atoms with Gasteiger partial charge in [0.1, 0.15) is 0 Å². The molecule has 0 aromatic heterocycles. The molecule has 1 aromatic rings. The molecule has 1 aliphatic rings. The predicted molar refractivity (Wildman–Crippen MR) is 77.8 cm³/mol. The van der Waals surface area contributed by atoms with E-state index in [1.807, 2.05) is 18.2 Å². The summed E-state index contributed by atoms with van der Waals surface area (Å²) in [6.07, 6.45) is 2.15. The highest BCUT2D eigenvalue weighted by Gasteiger charge is 2.24. The summed E-state index contributed by atoms with van der Waals surface area (Å²) in [7, 11) is 0. The van der Waals surface area contributed by atoms with Crippen LogP contribution in [0.2, 0.25) is 5.02 Å². The molecule has 1 saturated heterocycles. The number of nitrogens with one attached hydrogen (secondary N) is 1. The van der Waals surface area contributed by atoms with E-state index < -0.39 is 0 Å². The highest BCUT2D eigenvalue weighted by Crippen LogP contribution is 2.15. The number of hydrogen-bond donors (Lipinski definition) is 1. The van der Waals surface area contributed by atoms with Crippen LogP contribution < -0.4 is 5.32 Å². The van der Waals surface area contributed by atoms with Crippen molar-refractivity contribution in [2.24, 2.45) is 0 Å². The molecule has 3 nitrogen and oxygen atoms in total. The lowest BCUT2D eigenvalue weighted by atomic mass is 10.0. The molecule has 0 aliphatic carbocycles. The van der Waals surface area contributed by atoms with E-state index in [9.17, 15) is 0 Å². The van der Waals surface area contributed by atoms with E-state index in [2.05, 4.69) is 18.3 Å². The molecule has 1 heterocycles. The smallest absolute Gasteiger partial charge is 0.0965 e. The first-order chi connectivity index (χ1) is 9.29. The average Bonchev–Trinajstić information content (AvgIpc) is 2.44. The molecule has 1 aromatic carbocycles. The molecule has 0 radical (unpaired) electrons. The van der Waals surface area contributed by atoms with Gasteiger partial charge in [0, 0.05) is 11.1 Å². The molecule has 2 rings (SSSR count). The summed E-state index contributed by atoms with van der Waals surface area (Å²) in [5, 5.41) is 4.34. The van der Waals surface area contributed by atoms with Crippen LogP contribution in [0.1, 0.15) is 18.9 Å². The van der Waals surface area contributed by atoms with Gasteiger partial charge in [0.15, 0.2) is 0 Å². The third-order valence-electron chi connectivity index (χ3n) is 3.29. The zero-order valence-electron chi connectivity index (χ0n) is 11.4. The van der Waals surface area contributed by atoms with Crippen LogP contribution in [0.5, 0.6) is 0 Å². The second-order valence-electron chi connectivity index (χ2n) is 4.88. The topological polar surface area (TPSA) is 30.5 Å². The summed E-state index contributed by atoms with van der Waals surface area (Å²) in [6.45, 7) is 5.22. The number of ether oxygens (including phenoxy) is 2. The third-order valence-corrected chi connectivity index (χ3v) is 3.53. The molecule has 0 spiro atoms. The Balaban J connectivity index is 1.99. The van der Waals surface area contributed by atoms with Crippen molar-refractivity contribution in [3.63, 3.8) is 0 Å². The van der Waals surface area contributed by atoms with Crippen molar-refractivity contribution < 1.29 is 9.47 Å². The first kappa shape index (κ1) is 14.8. The Morgan fingerprint density at radius 3 is 3.00 bits per heavy atom. The second kappa shape index (κ2) is 7.85. The molecule has 1 N–H and O–H groups in total. The Kier molecular flexibility index (Phi) is 6.11. The van der Waals surface area contributed by atoms with Crippen molar-refractivity contribution >= 4 is 11.6 Å². The monoisotopic (exact) mass is 283 g/mol. The molecule has 2 atom stereocenters. The van der Waals surface area contributed by atoms with Gasteiger partial charge in [-0.1, -0.05) is 30.7 Å². The Morgan fingerprint density at radius 2 is 2.32 bits per heavy atom. The van der Waals surface area contributed by atoms with E-state index in [1.54, 1.807) is 0 Å². The maximum absolute atomic E-state index is 6.04. The minimum atomic E-state index is 0.124. The standard InChI is InChI=1S/C15H22ClNO2/c1-2-6-17-14(15-11-18-7-8-19-15)10-12-4-3-5-13(16)9-12/h3-5,9,14-15,17H,2,6-8,10-11H2,1H3. The lowest BCUT2D eigenvalue weighted by molar-refractivity contribution is -0.101. The van der Waals surface area contributed by atoms with Crippen LogP contribution >= 0.6 is 11.6 Å². The normalized spacial score (nSPS) is 21.3. The molecule has 2 unspecified atom stereocenters. The maximum atomic E-state index is 6.04. The predicted octanol–water partition coefficient (Wildman–Crippen LogP) is 2.67. The van der Waals surface area contributed by atoms with Gasteiger partial charge in [-0.15, -0.1) is 0 Å². The first-order valence-electron chi connectivity index (χ1n) is 6.96. The average molecular weight is 284 g/mol. The summed E-state index contributed by atoms with van der Waals surface area (Å²) >= 11 is 6.04. The van der Waals surface area contributed by atoms with Crippen molar-refractivity contribution in [1.29, 1.82) is 0 Å². The second-order valence-corrected chi connectivity index (χ2v) is 5.32. The van der Waals surface area contributed by atoms with Crippen molar-refractivity contribution in [2.75, 3.05) is 26.4 Å². The van der Waals surface area contributed by atoms with Gasteiger partial charge < -0.3 is 14.8 Å². The molecular weight excluding hydrogens is 262 g/mol. The van der Waals surface area contributed by atoms with Crippen LogP contribution in [0.3, 0.4) is 0 Å². The first-order valence-corrected chi connectivity index (χ1v) is 7.34. The van der Waals surface area contributed by atoms with Gasteiger partial charge in [0.05, 0.1) is 25.9 Å². The van der Waals surface area contributed by atoms with Crippen LogP contribution in [0.15, 0.2) is 24.3 Å². The molecular formula is C15H22ClNO2. The Hall–Kier alpha value is -0.610. The lowest BCUT2D eigenvalue weighted by Crippen LogP contribution is -2.48. The molecule has 19 heavy (non-hydrogen) atoms. The SMILES string of the molecule is CCCNC(Cc1cccc(Cl)c1)C1COCCO1. The highest BCUT2D eigenvalue weighted by atomic mass is 35.5. The van der Waals surface area contributed by atoms with E-state index in [0.717, 1.165) is 24.4 Å². The molecule has 1 aliphatic heterocycles. The summed E-state index contributed by atoms with van der Waals surface area (Å²) in [5.74, 6) is 0. The number of benzene rings is 1. The van der Waals surface area contributed by atoms with Gasteiger partial charge in [0.2, 0.25) is 0 Å². The summed E-state index contributed by atoms with van der Waals surface area (Å²) in [6, 6.07) is 8.30. The Labute approximate surface area is 120 Å². The van der Waals surface area contributed by atoms with Gasteiger partial charge in [-0.25, -0.2) is 0 Å². The van der Waals surface area contributed by atoms with E-state index >= 15 is 0 Å². The van der Waals surface area contributed by atoms with E-state index in [1.165, 1.54) is 5.56 Å². The molecule has 0 bridgehead atoms. The fraction of sp³-hybridized carbons (Fsp3) is 0.600. The van der Waals surface area contributed by atoms with Gasteiger partial charge in [-0.3, -0.25) is 0 Å². The quantitative estimate of drug-likeness (QED) is 0.871. The number of halogens is 1. The van der Waals surface area contributed by atoms with Crippen molar-refractivity contribution in [3.05, 3.63) is 34.9 Å². The van der Waals surface area contributed by atoms with Gasteiger partial charge in [-0.2, -0.15) is 0 Å². The summed E-state index contributed by atoms with van der Waals surface area (Å²) in [4.78, 5) is 0. The summed E-state index contributed by atoms with van der Waals surface area (Å²) < 4.78 is 11.3. The van der Waals surface area contributed by atoms with Crippen LogP contribution in [0.25, 0.3) is 0 Å². The zero-order chi connectivity index (χ0) is 13.5. The third kappa shape index (κ3) is 4.77. The van der Waals surface area contributed by atoms with Gasteiger partial charge in [-0.05, 0) is 37.1 Å². The fourth-order valence-electron chi connectivity index (χ4n) is 2.32. The van der Waals surface area contributed by atoms with Crippen molar-refractivity contribution in [3.8, 4) is 0 Å². The van der Waals surface area contributed by atoms with E-state index in [-0.39, 0.29) is 12.1 Å². The van der Waals surface area contributed by atoms with Gasteiger partial charge in [0.25, 0.3) is 0 Å². The van der Waals surface area contributed by atoms with Crippen LogP contribution in [0.4, 0.5) is 0 Å². The molecule has 4 heteroatoms. The largest absolute Gasteiger partial charge is 0.376 e. The molecule has 106 valence electrons. The number of rotatable bonds is 6. The molecule has 1 fully saturated rings. The van der Waals surface area contributed by atoms with Crippen LogP contribution in [-0.4, -0.2) is 38.5 Å². The Morgan fingerprint density at radius 1 is 1.42 bits per heavy atom. The minimum Gasteiger partial charge on any atom is -0.376 e. The van der Waals surface area contributed by atoms with Crippen molar-refractivity contribution in [1.82, 2.24) is 5.32 Å². The van der Waals surface area contributed by atoms with E-state index in [0.29, 0.717) is 19.8 Å². The number of hydrogen-bond acceptors (Lipinski definition) is 3. The minimum absolute atomic E-state index is 0.124.